The molecule has 5 heteroatoms. The molecule has 0 aliphatic heterocycles. The van der Waals surface area contributed by atoms with Gasteiger partial charge >= 0.3 is 0 Å². The summed E-state index contributed by atoms with van der Waals surface area (Å²) < 4.78 is 8.91. The Balaban J connectivity index is 2.32. The summed E-state index contributed by atoms with van der Waals surface area (Å²) in [7, 11) is 1.65. The third-order valence-electron chi connectivity index (χ3n) is 3.30. The molecule has 0 amide bonds. The molecule has 0 saturated heterocycles. The average Bonchev–Trinajstić information content (AvgIpc) is 2.76. The number of nitrogens with zero attached hydrogens (tertiary/aromatic N) is 1. The van der Waals surface area contributed by atoms with Gasteiger partial charge in [-0.05, 0) is 64.9 Å². The van der Waals surface area contributed by atoms with Crippen molar-refractivity contribution in [1.29, 1.82) is 0 Å². The zero-order valence-corrected chi connectivity index (χ0v) is 13.5. The van der Waals surface area contributed by atoms with Crippen LogP contribution < -0.4 is 4.74 Å². The molecule has 2 aromatic carbocycles. The van der Waals surface area contributed by atoms with Crippen LogP contribution in [-0.4, -0.2) is 16.7 Å². The smallest absolute Gasteiger partial charge is 0.182 e. The quantitative estimate of drug-likeness (QED) is 0.676. The molecule has 0 unspecified atom stereocenters. The van der Waals surface area contributed by atoms with Crippen LogP contribution in [0.25, 0.3) is 16.7 Å². The van der Waals surface area contributed by atoms with Crippen LogP contribution in [0, 0.1) is 11.7 Å². The summed E-state index contributed by atoms with van der Waals surface area (Å²) in [6.07, 6.45) is 0. The van der Waals surface area contributed by atoms with E-state index < -0.39 is 0 Å². The van der Waals surface area contributed by atoms with E-state index in [0.29, 0.717) is 4.77 Å². The molecule has 0 bridgehead atoms. The number of fused-ring (bicyclic) bond motifs is 1. The van der Waals surface area contributed by atoms with Crippen LogP contribution in [0.3, 0.4) is 0 Å². The minimum atomic E-state index is 0.686. The number of nitrogens with one attached hydrogen (secondary N) is 1. The van der Waals surface area contributed by atoms with E-state index in [4.69, 9.17) is 17.0 Å². The van der Waals surface area contributed by atoms with Gasteiger partial charge in [0.2, 0.25) is 0 Å². The molecule has 3 nitrogen and oxygen atoms in total. The number of benzene rings is 2. The monoisotopic (exact) mass is 348 g/mol. The van der Waals surface area contributed by atoms with Gasteiger partial charge in [0.25, 0.3) is 0 Å². The topological polar surface area (TPSA) is 29.9 Å². The van der Waals surface area contributed by atoms with Crippen molar-refractivity contribution >= 4 is 39.2 Å². The first kappa shape index (κ1) is 13.4. The van der Waals surface area contributed by atoms with Crippen molar-refractivity contribution < 1.29 is 4.74 Å². The second kappa shape index (κ2) is 5.07. The van der Waals surface area contributed by atoms with E-state index >= 15 is 0 Å². The van der Waals surface area contributed by atoms with Crippen LogP contribution >= 0.6 is 28.1 Å². The van der Waals surface area contributed by atoms with Crippen LogP contribution in [0.15, 0.2) is 40.9 Å². The Hall–Kier alpha value is -1.59. The molecule has 0 atom stereocenters. The van der Waals surface area contributed by atoms with Crippen molar-refractivity contribution in [3.63, 3.8) is 0 Å². The number of rotatable bonds is 2. The lowest BCUT2D eigenvalue weighted by Gasteiger charge is -2.09. The molecule has 0 fully saturated rings. The fourth-order valence-electron chi connectivity index (χ4n) is 2.37. The summed E-state index contributed by atoms with van der Waals surface area (Å²) in [5.41, 5.74) is 4.33. The van der Waals surface area contributed by atoms with E-state index in [1.807, 2.05) is 34.9 Å². The summed E-state index contributed by atoms with van der Waals surface area (Å²) in [5, 5.41) is 0. The lowest BCUT2D eigenvalue weighted by atomic mass is 10.2. The minimum absolute atomic E-state index is 0.686. The van der Waals surface area contributed by atoms with Gasteiger partial charge in [0.05, 0.1) is 22.6 Å². The Bertz CT molecular complexity index is 851. The summed E-state index contributed by atoms with van der Waals surface area (Å²) in [4.78, 5) is 3.25. The largest absolute Gasteiger partial charge is 0.496 e. The Morgan fingerprint density at radius 2 is 2.05 bits per heavy atom. The van der Waals surface area contributed by atoms with Crippen LogP contribution in [0.1, 0.15) is 5.56 Å². The highest BCUT2D eigenvalue weighted by atomic mass is 79.9. The number of aryl methyl sites for hydroxylation is 1. The number of imidazole rings is 1. The van der Waals surface area contributed by atoms with Gasteiger partial charge in [-0.2, -0.15) is 0 Å². The third-order valence-corrected chi connectivity index (χ3v) is 4.20. The van der Waals surface area contributed by atoms with Gasteiger partial charge in [0, 0.05) is 5.69 Å². The van der Waals surface area contributed by atoms with Gasteiger partial charge in [-0.3, -0.25) is 4.57 Å². The lowest BCUT2D eigenvalue weighted by Crippen LogP contribution is -1.96. The minimum Gasteiger partial charge on any atom is -0.496 e. The third kappa shape index (κ3) is 2.07. The zero-order valence-electron chi connectivity index (χ0n) is 11.1. The maximum Gasteiger partial charge on any atom is 0.182 e. The summed E-state index contributed by atoms with van der Waals surface area (Å²) in [6.45, 7) is 2.08. The summed E-state index contributed by atoms with van der Waals surface area (Å²) >= 11 is 8.98. The fourth-order valence-corrected chi connectivity index (χ4v) is 3.21. The van der Waals surface area contributed by atoms with Gasteiger partial charge in [0.1, 0.15) is 5.75 Å². The highest BCUT2D eigenvalue weighted by Crippen LogP contribution is 2.29. The molecule has 1 heterocycles. The molecule has 0 radical (unpaired) electrons. The Morgan fingerprint density at radius 3 is 2.75 bits per heavy atom. The van der Waals surface area contributed by atoms with E-state index in [1.54, 1.807) is 7.11 Å². The van der Waals surface area contributed by atoms with Crippen molar-refractivity contribution in [3.05, 3.63) is 51.2 Å². The van der Waals surface area contributed by atoms with E-state index in [2.05, 4.69) is 33.9 Å². The first-order valence-electron chi connectivity index (χ1n) is 6.16. The molecule has 1 N–H and O–H groups in total. The SMILES string of the molecule is COc1ccc(-n2c(=S)[nH]c3cccc(C)c32)cc1Br. The number of hydrogen-bond donors (Lipinski definition) is 1. The molecular formula is C15H13BrN2OS. The second-order valence-electron chi connectivity index (χ2n) is 4.56. The van der Waals surface area contributed by atoms with Crippen molar-refractivity contribution in [3.8, 4) is 11.4 Å². The van der Waals surface area contributed by atoms with E-state index in [9.17, 15) is 0 Å². The van der Waals surface area contributed by atoms with Gasteiger partial charge in [-0.15, -0.1) is 0 Å². The maximum atomic E-state index is 5.46. The predicted octanol–water partition coefficient (Wildman–Crippen LogP) is 4.77. The zero-order chi connectivity index (χ0) is 14.3. The second-order valence-corrected chi connectivity index (χ2v) is 5.80. The maximum absolute atomic E-state index is 5.46. The number of ether oxygens (including phenoxy) is 1. The highest BCUT2D eigenvalue weighted by Gasteiger charge is 2.10. The molecule has 0 aliphatic carbocycles. The molecule has 0 spiro atoms. The van der Waals surface area contributed by atoms with Gasteiger partial charge in [-0.1, -0.05) is 12.1 Å². The molecule has 0 aliphatic rings. The highest BCUT2D eigenvalue weighted by molar-refractivity contribution is 9.10. The van der Waals surface area contributed by atoms with Gasteiger partial charge in [-0.25, -0.2) is 0 Å². The van der Waals surface area contributed by atoms with E-state index in [0.717, 1.165) is 26.9 Å². The van der Waals surface area contributed by atoms with Gasteiger partial charge < -0.3 is 9.72 Å². The first-order valence-corrected chi connectivity index (χ1v) is 7.36. The molecule has 20 heavy (non-hydrogen) atoms. The number of halogens is 1. The van der Waals surface area contributed by atoms with E-state index in [1.165, 1.54) is 5.56 Å². The van der Waals surface area contributed by atoms with Crippen molar-refractivity contribution in [2.24, 2.45) is 0 Å². The van der Waals surface area contributed by atoms with Crippen LogP contribution in [0.5, 0.6) is 5.75 Å². The molecule has 102 valence electrons. The van der Waals surface area contributed by atoms with Gasteiger partial charge in [0.15, 0.2) is 4.77 Å². The van der Waals surface area contributed by atoms with E-state index in [-0.39, 0.29) is 0 Å². The van der Waals surface area contributed by atoms with Crippen molar-refractivity contribution in [2.45, 2.75) is 6.92 Å². The Kier molecular flexibility index (Phi) is 3.40. The van der Waals surface area contributed by atoms with Crippen LogP contribution in [0.2, 0.25) is 0 Å². The molecule has 1 aromatic heterocycles. The number of hydrogen-bond acceptors (Lipinski definition) is 2. The lowest BCUT2D eigenvalue weighted by molar-refractivity contribution is 0.412. The van der Waals surface area contributed by atoms with Crippen molar-refractivity contribution in [1.82, 2.24) is 9.55 Å². The number of H-pyrrole nitrogens is 1. The Labute approximate surface area is 130 Å². The average molecular weight is 349 g/mol. The Morgan fingerprint density at radius 1 is 1.25 bits per heavy atom. The summed E-state index contributed by atoms with van der Waals surface area (Å²) in [5.74, 6) is 0.803. The first-order chi connectivity index (χ1) is 9.61. The number of para-hydroxylation sites is 1. The van der Waals surface area contributed by atoms with Crippen LogP contribution in [0.4, 0.5) is 0 Å². The fraction of sp³-hybridized carbons (Fsp3) is 0.133. The standard InChI is InChI=1S/C15H13BrN2OS/c1-9-4-3-5-12-14(9)18(15(20)17-12)10-6-7-13(19-2)11(16)8-10/h3-8H,1-2H3,(H,17,20). The molecule has 3 rings (SSSR count). The normalized spacial score (nSPS) is 10.9. The molecular weight excluding hydrogens is 336 g/mol. The number of aromatic amines is 1. The molecule has 0 saturated carbocycles. The van der Waals surface area contributed by atoms with Crippen LogP contribution in [-0.2, 0) is 0 Å². The number of methoxy groups -OCH3 is 1. The number of aromatic nitrogens is 2. The predicted molar refractivity (Wildman–Crippen MR) is 87.4 cm³/mol. The summed E-state index contributed by atoms with van der Waals surface area (Å²) in [6, 6.07) is 12.1. The molecule has 3 aromatic rings. The van der Waals surface area contributed by atoms with Crippen molar-refractivity contribution in [2.75, 3.05) is 7.11 Å².